The molecule has 1 saturated carbocycles. The summed E-state index contributed by atoms with van der Waals surface area (Å²) in [6.45, 7) is 1.23. The van der Waals surface area contributed by atoms with Gasteiger partial charge in [0, 0.05) is 52.8 Å². The Balaban J connectivity index is 1.48. The van der Waals surface area contributed by atoms with Gasteiger partial charge in [-0.3, -0.25) is 4.79 Å². The SMILES string of the molecule is O=C(c1cccc(Cl)c1)N1CCc2nc(C3CC3)nc(-c3ccc(O)cc3)c2CC1. The lowest BCUT2D eigenvalue weighted by Crippen LogP contribution is -2.33. The molecule has 0 atom stereocenters. The molecule has 1 aromatic heterocycles. The highest BCUT2D eigenvalue weighted by Crippen LogP contribution is 2.40. The van der Waals surface area contributed by atoms with Crippen molar-refractivity contribution in [1.82, 2.24) is 14.9 Å². The summed E-state index contributed by atoms with van der Waals surface area (Å²) in [4.78, 5) is 24.7. The predicted octanol–water partition coefficient (Wildman–Crippen LogP) is 4.62. The fourth-order valence-corrected chi connectivity index (χ4v) is 4.20. The number of hydrogen-bond acceptors (Lipinski definition) is 4. The molecule has 0 spiro atoms. The first-order valence-electron chi connectivity index (χ1n) is 10.3. The number of hydrogen-bond donors (Lipinski definition) is 1. The van der Waals surface area contributed by atoms with Gasteiger partial charge in [0.15, 0.2) is 0 Å². The minimum atomic E-state index is -0.00753. The van der Waals surface area contributed by atoms with Crippen molar-refractivity contribution in [2.24, 2.45) is 0 Å². The van der Waals surface area contributed by atoms with E-state index in [0.29, 0.717) is 42.4 Å². The van der Waals surface area contributed by atoms with Crippen LogP contribution in [0.25, 0.3) is 11.3 Å². The number of carbonyl (C=O) groups excluding carboxylic acids is 1. The molecule has 0 saturated heterocycles. The van der Waals surface area contributed by atoms with E-state index in [1.54, 1.807) is 36.4 Å². The van der Waals surface area contributed by atoms with Crippen molar-refractivity contribution in [3.05, 3.63) is 76.2 Å². The lowest BCUT2D eigenvalue weighted by atomic mass is 10.0. The molecule has 5 rings (SSSR count). The Labute approximate surface area is 180 Å². The van der Waals surface area contributed by atoms with Crippen LogP contribution in [0.15, 0.2) is 48.5 Å². The molecule has 2 aliphatic rings. The number of phenols is 1. The molecule has 2 aromatic carbocycles. The molecule has 5 nitrogen and oxygen atoms in total. The van der Waals surface area contributed by atoms with Crippen LogP contribution in [0.4, 0.5) is 0 Å². The van der Waals surface area contributed by atoms with Crippen LogP contribution in [0.2, 0.25) is 5.02 Å². The molecule has 1 aliphatic carbocycles. The molecule has 0 radical (unpaired) electrons. The third kappa shape index (κ3) is 3.77. The van der Waals surface area contributed by atoms with Crippen molar-refractivity contribution in [3.8, 4) is 17.0 Å². The zero-order chi connectivity index (χ0) is 20.7. The summed E-state index contributed by atoms with van der Waals surface area (Å²) in [5.74, 6) is 1.58. The highest BCUT2D eigenvalue weighted by atomic mass is 35.5. The Hall–Kier alpha value is -2.92. The number of benzene rings is 2. The van der Waals surface area contributed by atoms with Crippen molar-refractivity contribution < 1.29 is 9.90 Å². The molecule has 30 heavy (non-hydrogen) atoms. The number of nitrogens with zero attached hydrogens (tertiary/aromatic N) is 3. The van der Waals surface area contributed by atoms with Crippen LogP contribution in [0, 0.1) is 0 Å². The second-order valence-electron chi connectivity index (χ2n) is 7.98. The van der Waals surface area contributed by atoms with Gasteiger partial charge >= 0.3 is 0 Å². The molecule has 6 heteroatoms. The van der Waals surface area contributed by atoms with Crippen LogP contribution in [0.5, 0.6) is 5.75 Å². The maximum atomic E-state index is 13.0. The normalized spacial score (nSPS) is 16.1. The molecule has 152 valence electrons. The zero-order valence-electron chi connectivity index (χ0n) is 16.5. The molecule has 0 unspecified atom stereocenters. The van der Waals surface area contributed by atoms with Crippen molar-refractivity contribution in [1.29, 1.82) is 0 Å². The van der Waals surface area contributed by atoms with E-state index < -0.39 is 0 Å². The van der Waals surface area contributed by atoms with Crippen LogP contribution in [-0.2, 0) is 12.8 Å². The van der Waals surface area contributed by atoms with Gasteiger partial charge in [0.25, 0.3) is 5.91 Å². The van der Waals surface area contributed by atoms with Gasteiger partial charge in [0.1, 0.15) is 11.6 Å². The van der Waals surface area contributed by atoms with E-state index >= 15 is 0 Å². The average Bonchev–Trinajstić information content (AvgIpc) is 3.60. The molecule has 3 aromatic rings. The Bertz CT molecular complexity index is 1110. The Morgan fingerprint density at radius 3 is 2.53 bits per heavy atom. The number of halogens is 1. The first kappa shape index (κ1) is 19.1. The first-order valence-corrected chi connectivity index (χ1v) is 10.7. The van der Waals surface area contributed by atoms with Gasteiger partial charge in [-0.25, -0.2) is 9.97 Å². The summed E-state index contributed by atoms with van der Waals surface area (Å²) in [6.07, 6.45) is 3.66. The van der Waals surface area contributed by atoms with Gasteiger partial charge in [-0.05, 0) is 61.7 Å². The number of fused-ring (bicyclic) bond motifs is 1. The Kier molecular flexibility index (Phi) is 4.91. The number of aromatic nitrogens is 2. The largest absolute Gasteiger partial charge is 0.508 e. The quantitative estimate of drug-likeness (QED) is 0.672. The van der Waals surface area contributed by atoms with E-state index in [1.165, 1.54) is 0 Å². The van der Waals surface area contributed by atoms with E-state index in [2.05, 4.69) is 0 Å². The van der Waals surface area contributed by atoms with Gasteiger partial charge in [-0.2, -0.15) is 0 Å². The topological polar surface area (TPSA) is 66.3 Å². The summed E-state index contributed by atoms with van der Waals surface area (Å²) >= 11 is 6.08. The Morgan fingerprint density at radius 1 is 1.03 bits per heavy atom. The average molecular weight is 420 g/mol. The molecular formula is C24H22ClN3O2. The Morgan fingerprint density at radius 2 is 1.80 bits per heavy atom. The maximum Gasteiger partial charge on any atom is 0.253 e. The van der Waals surface area contributed by atoms with Gasteiger partial charge in [0.2, 0.25) is 0 Å². The minimum absolute atomic E-state index is 0.00753. The lowest BCUT2D eigenvalue weighted by molar-refractivity contribution is 0.0763. The fourth-order valence-electron chi connectivity index (χ4n) is 4.01. The van der Waals surface area contributed by atoms with Crippen LogP contribution >= 0.6 is 11.6 Å². The highest BCUT2D eigenvalue weighted by molar-refractivity contribution is 6.30. The molecule has 0 bridgehead atoms. The lowest BCUT2D eigenvalue weighted by Gasteiger charge is -2.20. The van der Waals surface area contributed by atoms with E-state index in [1.807, 2.05) is 17.0 Å². The predicted molar refractivity (Wildman–Crippen MR) is 116 cm³/mol. The molecule has 1 fully saturated rings. The van der Waals surface area contributed by atoms with E-state index in [0.717, 1.165) is 41.2 Å². The summed E-state index contributed by atoms with van der Waals surface area (Å²) in [6, 6.07) is 14.3. The number of carbonyl (C=O) groups is 1. The minimum Gasteiger partial charge on any atom is -0.508 e. The van der Waals surface area contributed by atoms with Gasteiger partial charge in [-0.15, -0.1) is 0 Å². The van der Waals surface area contributed by atoms with E-state index in [9.17, 15) is 9.90 Å². The number of rotatable bonds is 3. The fraction of sp³-hybridized carbons (Fsp3) is 0.292. The van der Waals surface area contributed by atoms with Crippen LogP contribution < -0.4 is 0 Å². The molecule has 1 N–H and O–H groups in total. The molecular weight excluding hydrogens is 398 g/mol. The summed E-state index contributed by atoms with van der Waals surface area (Å²) in [5.41, 5.74) is 4.65. The van der Waals surface area contributed by atoms with E-state index in [4.69, 9.17) is 21.6 Å². The van der Waals surface area contributed by atoms with Crippen molar-refractivity contribution in [2.45, 2.75) is 31.6 Å². The van der Waals surface area contributed by atoms with Gasteiger partial charge in [-0.1, -0.05) is 17.7 Å². The highest BCUT2D eigenvalue weighted by Gasteiger charge is 2.30. The maximum absolute atomic E-state index is 13.0. The summed E-state index contributed by atoms with van der Waals surface area (Å²) in [5, 5.41) is 10.2. The summed E-state index contributed by atoms with van der Waals surface area (Å²) < 4.78 is 0. The third-order valence-corrected chi connectivity index (χ3v) is 6.04. The first-order chi connectivity index (χ1) is 14.6. The second-order valence-corrected chi connectivity index (χ2v) is 8.42. The second kappa shape index (κ2) is 7.73. The molecule has 2 heterocycles. The van der Waals surface area contributed by atoms with E-state index in [-0.39, 0.29) is 11.7 Å². The van der Waals surface area contributed by atoms with Crippen molar-refractivity contribution in [2.75, 3.05) is 13.1 Å². The van der Waals surface area contributed by atoms with Crippen LogP contribution in [-0.4, -0.2) is 39.0 Å². The third-order valence-electron chi connectivity index (χ3n) is 5.80. The van der Waals surface area contributed by atoms with Crippen LogP contribution in [0.3, 0.4) is 0 Å². The van der Waals surface area contributed by atoms with Crippen LogP contribution in [0.1, 0.15) is 46.2 Å². The van der Waals surface area contributed by atoms with Gasteiger partial charge in [0.05, 0.1) is 5.69 Å². The number of phenolic OH excluding ortho intramolecular Hbond substituents is 1. The molecule has 1 aliphatic heterocycles. The number of amides is 1. The smallest absolute Gasteiger partial charge is 0.253 e. The van der Waals surface area contributed by atoms with Crippen molar-refractivity contribution >= 4 is 17.5 Å². The van der Waals surface area contributed by atoms with Crippen molar-refractivity contribution in [3.63, 3.8) is 0 Å². The zero-order valence-corrected chi connectivity index (χ0v) is 17.3. The summed E-state index contributed by atoms with van der Waals surface area (Å²) in [7, 11) is 0. The monoisotopic (exact) mass is 419 g/mol. The number of aromatic hydroxyl groups is 1. The van der Waals surface area contributed by atoms with Gasteiger partial charge < -0.3 is 10.0 Å². The molecule has 1 amide bonds. The standard InChI is InChI=1S/C24H22ClN3O2/c25-18-3-1-2-17(14-18)24(30)28-12-10-20-21(11-13-28)26-23(16-4-5-16)27-22(20)15-6-8-19(29)9-7-15/h1-3,6-9,14,16,29H,4-5,10-13H2.